The zero-order valence-electron chi connectivity index (χ0n) is 8.96. The van der Waals surface area contributed by atoms with Crippen LogP contribution in [0.3, 0.4) is 0 Å². The SMILES string of the molecule is CC1CCCCC1CNCCC(=O)O. The summed E-state index contributed by atoms with van der Waals surface area (Å²) in [4.78, 5) is 10.3. The molecule has 0 heterocycles. The average Bonchev–Trinajstić information content (AvgIpc) is 2.15. The molecule has 0 saturated heterocycles. The Morgan fingerprint density at radius 1 is 1.43 bits per heavy atom. The second kappa shape index (κ2) is 6.02. The molecule has 2 atom stereocenters. The van der Waals surface area contributed by atoms with Gasteiger partial charge in [-0.3, -0.25) is 4.79 Å². The number of rotatable bonds is 5. The van der Waals surface area contributed by atoms with Crippen molar-refractivity contribution >= 4 is 5.97 Å². The summed E-state index contributed by atoms with van der Waals surface area (Å²) < 4.78 is 0. The molecule has 3 heteroatoms. The van der Waals surface area contributed by atoms with E-state index in [1.165, 1.54) is 25.7 Å². The van der Waals surface area contributed by atoms with Gasteiger partial charge < -0.3 is 10.4 Å². The van der Waals surface area contributed by atoms with Gasteiger partial charge in [-0.2, -0.15) is 0 Å². The highest BCUT2D eigenvalue weighted by Crippen LogP contribution is 2.28. The van der Waals surface area contributed by atoms with Crippen LogP contribution in [0.1, 0.15) is 39.0 Å². The molecule has 0 bridgehead atoms. The van der Waals surface area contributed by atoms with Gasteiger partial charge in [-0.15, -0.1) is 0 Å². The lowest BCUT2D eigenvalue weighted by Gasteiger charge is -2.28. The van der Waals surface area contributed by atoms with Crippen molar-refractivity contribution in [3.8, 4) is 0 Å². The lowest BCUT2D eigenvalue weighted by Crippen LogP contribution is -2.30. The van der Waals surface area contributed by atoms with Crippen molar-refractivity contribution in [1.82, 2.24) is 5.32 Å². The van der Waals surface area contributed by atoms with Crippen molar-refractivity contribution in [2.75, 3.05) is 13.1 Å². The molecule has 0 aromatic rings. The Bertz CT molecular complexity index is 182. The fraction of sp³-hybridized carbons (Fsp3) is 0.909. The molecular weight excluding hydrogens is 178 g/mol. The summed E-state index contributed by atoms with van der Waals surface area (Å²) in [6.45, 7) is 3.91. The second-order valence-electron chi connectivity index (χ2n) is 4.37. The highest BCUT2D eigenvalue weighted by molar-refractivity contribution is 5.66. The van der Waals surface area contributed by atoms with Gasteiger partial charge in [-0.1, -0.05) is 26.2 Å². The first kappa shape index (κ1) is 11.5. The third kappa shape index (κ3) is 4.09. The van der Waals surface area contributed by atoms with Crippen molar-refractivity contribution in [2.45, 2.75) is 39.0 Å². The summed E-state index contributed by atoms with van der Waals surface area (Å²) in [5, 5.41) is 11.7. The van der Waals surface area contributed by atoms with E-state index in [9.17, 15) is 4.79 Å². The molecule has 1 saturated carbocycles. The molecule has 2 N–H and O–H groups in total. The Labute approximate surface area is 85.9 Å². The van der Waals surface area contributed by atoms with E-state index in [4.69, 9.17) is 5.11 Å². The number of hydrogen-bond acceptors (Lipinski definition) is 2. The van der Waals surface area contributed by atoms with Crippen molar-refractivity contribution in [3.05, 3.63) is 0 Å². The number of aliphatic carboxylic acids is 1. The smallest absolute Gasteiger partial charge is 0.304 e. The molecule has 1 aliphatic carbocycles. The molecule has 2 unspecified atom stereocenters. The van der Waals surface area contributed by atoms with Gasteiger partial charge in [0, 0.05) is 6.54 Å². The summed E-state index contributed by atoms with van der Waals surface area (Å²) >= 11 is 0. The maximum absolute atomic E-state index is 10.3. The summed E-state index contributed by atoms with van der Waals surface area (Å²) in [5.41, 5.74) is 0. The quantitative estimate of drug-likeness (QED) is 0.665. The Balaban J connectivity index is 2.07. The largest absolute Gasteiger partial charge is 0.481 e. The lowest BCUT2D eigenvalue weighted by atomic mass is 9.80. The van der Waals surface area contributed by atoms with Crippen LogP contribution in [0.25, 0.3) is 0 Å². The third-order valence-electron chi connectivity index (χ3n) is 3.21. The zero-order valence-corrected chi connectivity index (χ0v) is 8.96. The van der Waals surface area contributed by atoms with E-state index >= 15 is 0 Å². The fourth-order valence-electron chi connectivity index (χ4n) is 2.18. The molecule has 0 aliphatic heterocycles. The van der Waals surface area contributed by atoms with Gasteiger partial charge in [-0.25, -0.2) is 0 Å². The van der Waals surface area contributed by atoms with Gasteiger partial charge in [0.25, 0.3) is 0 Å². The van der Waals surface area contributed by atoms with Crippen LogP contribution in [0.15, 0.2) is 0 Å². The number of carboxylic acid groups (broad SMARTS) is 1. The maximum atomic E-state index is 10.3. The minimum atomic E-state index is -0.714. The van der Waals surface area contributed by atoms with Crippen LogP contribution in [-0.4, -0.2) is 24.2 Å². The van der Waals surface area contributed by atoms with Crippen molar-refractivity contribution in [1.29, 1.82) is 0 Å². The number of hydrogen-bond donors (Lipinski definition) is 2. The normalized spacial score (nSPS) is 27.5. The fourth-order valence-corrected chi connectivity index (χ4v) is 2.18. The molecule has 1 rings (SSSR count). The van der Waals surface area contributed by atoms with E-state index in [0.717, 1.165) is 18.4 Å². The second-order valence-corrected chi connectivity index (χ2v) is 4.37. The van der Waals surface area contributed by atoms with Crippen LogP contribution in [-0.2, 0) is 4.79 Å². The highest BCUT2D eigenvalue weighted by atomic mass is 16.4. The Morgan fingerprint density at radius 3 is 2.79 bits per heavy atom. The van der Waals surface area contributed by atoms with Gasteiger partial charge in [0.2, 0.25) is 0 Å². The van der Waals surface area contributed by atoms with Crippen LogP contribution in [0.4, 0.5) is 0 Å². The van der Waals surface area contributed by atoms with Gasteiger partial charge in [0.15, 0.2) is 0 Å². The van der Waals surface area contributed by atoms with Crippen LogP contribution in [0, 0.1) is 11.8 Å². The summed E-state index contributed by atoms with van der Waals surface area (Å²) in [5.74, 6) is 0.854. The Morgan fingerprint density at radius 2 is 2.14 bits per heavy atom. The lowest BCUT2D eigenvalue weighted by molar-refractivity contribution is -0.136. The topological polar surface area (TPSA) is 49.3 Å². The monoisotopic (exact) mass is 199 g/mol. The Hall–Kier alpha value is -0.570. The number of nitrogens with one attached hydrogen (secondary N) is 1. The predicted molar refractivity (Wildman–Crippen MR) is 56.2 cm³/mol. The van der Waals surface area contributed by atoms with E-state index in [2.05, 4.69) is 12.2 Å². The molecule has 82 valence electrons. The third-order valence-corrected chi connectivity index (χ3v) is 3.21. The first-order valence-electron chi connectivity index (χ1n) is 5.62. The number of carbonyl (C=O) groups is 1. The van der Waals surface area contributed by atoms with Crippen molar-refractivity contribution < 1.29 is 9.90 Å². The molecule has 1 fully saturated rings. The molecule has 0 aromatic heterocycles. The Kier molecular flexibility index (Phi) is 4.94. The maximum Gasteiger partial charge on any atom is 0.304 e. The first-order valence-corrected chi connectivity index (χ1v) is 5.62. The van der Waals surface area contributed by atoms with E-state index in [1.807, 2.05) is 0 Å². The van der Waals surface area contributed by atoms with Crippen LogP contribution < -0.4 is 5.32 Å². The standard InChI is InChI=1S/C11H21NO2/c1-9-4-2-3-5-10(9)8-12-7-6-11(13)14/h9-10,12H,2-8H2,1H3,(H,13,14). The van der Waals surface area contributed by atoms with Gasteiger partial charge in [-0.05, 0) is 24.8 Å². The van der Waals surface area contributed by atoms with Gasteiger partial charge in [0.05, 0.1) is 6.42 Å². The van der Waals surface area contributed by atoms with Crippen LogP contribution in [0.2, 0.25) is 0 Å². The number of carboxylic acids is 1. The minimum Gasteiger partial charge on any atom is -0.481 e. The summed E-state index contributed by atoms with van der Waals surface area (Å²) in [6, 6.07) is 0. The minimum absolute atomic E-state index is 0.237. The molecule has 14 heavy (non-hydrogen) atoms. The molecule has 0 radical (unpaired) electrons. The summed E-state index contributed by atoms with van der Waals surface area (Å²) in [6.07, 6.45) is 5.59. The van der Waals surface area contributed by atoms with Crippen LogP contribution >= 0.6 is 0 Å². The average molecular weight is 199 g/mol. The molecular formula is C11H21NO2. The predicted octanol–water partition coefficient (Wildman–Crippen LogP) is 1.88. The highest BCUT2D eigenvalue weighted by Gasteiger charge is 2.20. The van der Waals surface area contributed by atoms with Gasteiger partial charge >= 0.3 is 5.97 Å². The van der Waals surface area contributed by atoms with Crippen molar-refractivity contribution in [3.63, 3.8) is 0 Å². The van der Waals surface area contributed by atoms with Gasteiger partial charge in [0.1, 0.15) is 0 Å². The zero-order chi connectivity index (χ0) is 10.4. The first-order chi connectivity index (χ1) is 6.70. The van der Waals surface area contributed by atoms with Crippen molar-refractivity contribution in [2.24, 2.45) is 11.8 Å². The summed E-state index contributed by atoms with van der Waals surface area (Å²) in [7, 11) is 0. The van der Waals surface area contributed by atoms with E-state index in [-0.39, 0.29) is 6.42 Å². The molecule has 0 aromatic carbocycles. The van der Waals surface area contributed by atoms with E-state index in [1.54, 1.807) is 0 Å². The molecule has 0 spiro atoms. The molecule has 0 amide bonds. The van der Waals surface area contributed by atoms with Crippen LogP contribution in [0.5, 0.6) is 0 Å². The van der Waals surface area contributed by atoms with E-state index in [0.29, 0.717) is 6.54 Å². The molecule has 3 nitrogen and oxygen atoms in total. The van der Waals surface area contributed by atoms with E-state index < -0.39 is 5.97 Å². The molecule has 1 aliphatic rings.